The molecule has 0 radical (unpaired) electrons. The topological polar surface area (TPSA) is 61.3 Å². The second-order valence-electron chi connectivity index (χ2n) is 2.23. The summed E-state index contributed by atoms with van der Waals surface area (Å²) in [6.45, 7) is 2.53. The molecule has 76 valence electrons. The van der Waals surface area contributed by atoms with Gasteiger partial charge in [0.05, 0.1) is 12.3 Å². The first-order valence-corrected chi connectivity index (χ1v) is 3.52. The Morgan fingerprint density at radius 3 is 2.38 bits per heavy atom. The predicted molar refractivity (Wildman–Crippen MR) is 48.7 cm³/mol. The maximum atomic E-state index is 5.60. The van der Waals surface area contributed by atoms with Gasteiger partial charge >= 0.3 is 2.85 Å². The number of halogens is 2. The van der Waals surface area contributed by atoms with Gasteiger partial charge in [-0.15, -0.1) is 0 Å². The van der Waals surface area contributed by atoms with E-state index >= 15 is 0 Å². The van der Waals surface area contributed by atoms with Crippen molar-refractivity contribution in [1.82, 2.24) is 0 Å². The molecule has 0 saturated heterocycles. The molecule has 0 saturated carbocycles. The number of hydrogen-bond acceptors (Lipinski definition) is 3. The molecule has 0 fully saturated rings. The van der Waals surface area contributed by atoms with Crippen LogP contribution in [0, 0.1) is 0 Å². The van der Waals surface area contributed by atoms with Crippen LogP contribution in [-0.2, 0) is 0 Å². The Hall–Kier alpha value is -0.800. The molecule has 0 heterocycles. The van der Waals surface area contributed by atoms with Crippen LogP contribution >= 0.6 is 0 Å². The van der Waals surface area contributed by atoms with Gasteiger partial charge in [0.1, 0.15) is 5.75 Å². The van der Waals surface area contributed by atoms with Crippen LogP contribution in [0.5, 0.6) is 5.75 Å². The number of rotatable bonds is 2. The van der Waals surface area contributed by atoms with Crippen molar-refractivity contribution >= 4 is 11.4 Å². The average molecular weight is 225 g/mol. The van der Waals surface area contributed by atoms with Crippen LogP contribution in [0.3, 0.4) is 0 Å². The Bertz CT molecular complexity index is 264. The molecular weight excluding hydrogens is 211 g/mol. The number of anilines is 2. The summed E-state index contributed by atoms with van der Waals surface area (Å²) in [5.74, 6) is 0.696. The van der Waals surface area contributed by atoms with Crippen LogP contribution in [0.15, 0.2) is 18.2 Å². The fourth-order valence-electron chi connectivity index (χ4n) is 0.854. The Labute approximate surface area is 93.2 Å². The van der Waals surface area contributed by atoms with Crippen LogP contribution in [0.4, 0.5) is 11.4 Å². The lowest BCUT2D eigenvalue weighted by molar-refractivity contribution is -0.00100. The fourth-order valence-corrected chi connectivity index (χ4v) is 0.854. The number of ether oxygens (including phenoxy) is 1. The molecule has 5 heteroatoms. The minimum Gasteiger partial charge on any atom is -1.00 e. The summed E-state index contributed by atoms with van der Waals surface area (Å²) in [6.07, 6.45) is 0. The van der Waals surface area contributed by atoms with Gasteiger partial charge in [-0.1, -0.05) is 0 Å². The molecule has 0 amide bonds. The van der Waals surface area contributed by atoms with Crippen molar-refractivity contribution in [1.29, 1.82) is 0 Å². The SMILES string of the molecule is CCOc1ccc(N)cc1N.[Cl-].[Cl-].[H+].[H+]. The highest BCUT2D eigenvalue weighted by molar-refractivity contribution is 5.60. The van der Waals surface area contributed by atoms with Crippen molar-refractivity contribution in [2.24, 2.45) is 0 Å². The quantitative estimate of drug-likeness (QED) is 0.499. The van der Waals surface area contributed by atoms with Crippen molar-refractivity contribution in [2.75, 3.05) is 18.1 Å². The van der Waals surface area contributed by atoms with E-state index in [9.17, 15) is 0 Å². The minimum atomic E-state index is 0. The molecule has 3 nitrogen and oxygen atoms in total. The molecule has 0 unspecified atom stereocenters. The van der Waals surface area contributed by atoms with E-state index in [0.717, 1.165) is 0 Å². The molecule has 0 aliphatic rings. The normalized spacial score (nSPS) is 8.08. The number of nitrogen functional groups attached to an aromatic ring is 2. The Balaban J connectivity index is -0.000000151. The standard InChI is InChI=1S/C8H12N2O.2ClH/c1-2-11-8-4-3-6(9)5-7(8)10;;/h3-5H,2,9-10H2,1H3;2*1H. The van der Waals surface area contributed by atoms with Gasteiger partial charge in [0.2, 0.25) is 0 Å². The Morgan fingerprint density at radius 2 is 1.92 bits per heavy atom. The van der Waals surface area contributed by atoms with Crippen LogP contribution in [0.1, 0.15) is 9.78 Å². The molecule has 1 rings (SSSR count). The van der Waals surface area contributed by atoms with Gasteiger partial charge in [0.15, 0.2) is 0 Å². The largest absolute Gasteiger partial charge is 1.00 e. The van der Waals surface area contributed by atoms with Gasteiger partial charge in [-0.25, -0.2) is 0 Å². The van der Waals surface area contributed by atoms with Gasteiger partial charge < -0.3 is 41.0 Å². The zero-order chi connectivity index (χ0) is 8.27. The highest BCUT2D eigenvalue weighted by atomic mass is 35.5. The third-order valence-corrected chi connectivity index (χ3v) is 1.33. The van der Waals surface area contributed by atoms with Gasteiger partial charge in [0.25, 0.3) is 0 Å². The van der Waals surface area contributed by atoms with Gasteiger partial charge in [-0.2, -0.15) is 0 Å². The van der Waals surface area contributed by atoms with E-state index in [-0.39, 0.29) is 27.7 Å². The summed E-state index contributed by atoms with van der Waals surface area (Å²) in [5, 5.41) is 0. The summed E-state index contributed by atoms with van der Waals surface area (Å²) >= 11 is 0. The van der Waals surface area contributed by atoms with E-state index in [1.54, 1.807) is 18.2 Å². The van der Waals surface area contributed by atoms with E-state index < -0.39 is 0 Å². The van der Waals surface area contributed by atoms with Crippen LogP contribution in [0.2, 0.25) is 0 Å². The molecule has 0 atom stereocenters. The van der Waals surface area contributed by atoms with Crippen LogP contribution in [0.25, 0.3) is 0 Å². The smallest absolute Gasteiger partial charge is 1.00 e. The lowest BCUT2D eigenvalue weighted by Crippen LogP contribution is -3.00. The summed E-state index contributed by atoms with van der Waals surface area (Å²) in [5.41, 5.74) is 12.3. The van der Waals surface area contributed by atoms with Crippen molar-refractivity contribution in [2.45, 2.75) is 6.92 Å². The molecular formula is C8H14Cl2N2O. The minimum absolute atomic E-state index is 0. The van der Waals surface area contributed by atoms with E-state index in [0.29, 0.717) is 23.7 Å². The van der Waals surface area contributed by atoms with Crippen LogP contribution < -0.4 is 41.0 Å². The molecule has 1 aromatic carbocycles. The monoisotopic (exact) mass is 224 g/mol. The fraction of sp³-hybridized carbons (Fsp3) is 0.250. The number of hydrogen-bond donors (Lipinski definition) is 2. The molecule has 1 aromatic rings. The van der Waals surface area contributed by atoms with E-state index in [4.69, 9.17) is 16.2 Å². The summed E-state index contributed by atoms with van der Waals surface area (Å²) in [6, 6.07) is 5.22. The highest BCUT2D eigenvalue weighted by Crippen LogP contribution is 2.22. The second-order valence-corrected chi connectivity index (χ2v) is 2.23. The van der Waals surface area contributed by atoms with E-state index in [2.05, 4.69) is 0 Å². The molecule has 0 aliphatic heterocycles. The van der Waals surface area contributed by atoms with Gasteiger partial charge in [-0.05, 0) is 25.1 Å². The Morgan fingerprint density at radius 1 is 1.31 bits per heavy atom. The first kappa shape index (κ1) is 14.7. The number of benzene rings is 1. The summed E-state index contributed by atoms with van der Waals surface area (Å²) < 4.78 is 5.21. The molecule has 0 bridgehead atoms. The third kappa shape index (κ3) is 4.10. The van der Waals surface area contributed by atoms with E-state index in [1.165, 1.54) is 0 Å². The lowest BCUT2D eigenvalue weighted by Gasteiger charge is -2.06. The maximum absolute atomic E-state index is 5.60. The molecule has 13 heavy (non-hydrogen) atoms. The highest BCUT2D eigenvalue weighted by Gasteiger charge is 1.97. The zero-order valence-corrected chi connectivity index (χ0v) is 8.77. The predicted octanol–water partition coefficient (Wildman–Crippen LogP) is -4.52. The van der Waals surface area contributed by atoms with Crippen molar-refractivity contribution < 1.29 is 32.4 Å². The van der Waals surface area contributed by atoms with Gasteiger partial charge in [0, 0.05) is 5.69 Å². The Kier molecular flexibility index (Phi) is 7.57. The first-order chi connectivity index (χ1) is 5.24. The average Bonchev–Trinajstić information content (AvgIpc) is 1.95. The third-order valence-electron chi connectivity index (χ3n) is 1.33. The van der Waals surface area contributed by atoms with Crippen molar-refractivity contribution in [3.8, 4) is 5.75 Å². The number of nitrogens with two attached hydrogens (primary N) is 2. The molecule has 0 spiro atoms. The second kappa shape index (κ2) is 6.69. The van der Waals surface area contributed by atoms with Gasteiger partial charge in [-0.3, -0.25) is 0 Å². The molecule has 4 N–H and O–H groups in total. The first-order valence-electron chi connectivity index (χ1n) is 3.52. The molecule has 0 aromatic heterocycles. The summed E-state index contributed by atoms with van der Waals surface area (Å²) in [7, 11) is 0. The maximum Gasteiger partial charge on any atom is 1.00 e. The molecule has 0 aliphatic carbocycles. The summed E-state index contributed by atoms with van der Waals surface area (Å²) in [4.78, 5) is 0. The van der Waals surface area contributed by atoms with E-state index in [1.807, 2.05) is 6.92 Å². The zero-order valence-electron chi connectivity index (χ0n) is 9.26. The lowest BCUT2D eigenvalue weighted by atomic mass is 10.2. The van der Waals surface area contributed by atoms with Crippen LogP contribution in [-0.4, -0.2) is 6.61 Å². The van der Waals surface area contributed by atoms with Crippen molar-refractivity contribution in [3.63, 3.8) is 0 Å². The van der Waals surface area contributed by atoms with Crippen molar-refractivity contribution in [3.05, 3.63) is 18.2 Å².